The van der Waals surface area contributed by atoms with Gasteiger partial charge in [-0.25, -0.2) is 20.0 Å². The molecule has 6 rings (SSSR count). The SMILES string of the molecule is CN(CCC#N)c1nc(=Nc2ccc(C=Cc3ccc(N=c4nc(N(C)CCC#N)[nH]c(=Nc5cc(S(=O)(=O)O)ccc5S(=O)(=O)O)[nH]4)cc3S(=O)(=O)O)c(S(=O)(=O)O)c2)[nH]c(=Nc2cc(S(=O)(=O)O)ccc2S(=O)(=O)O)[nH]1.[Na].[Na].[Na].[Na].[Na].[Na]. The molecule has 6 radical (unpaired) electrons. The van der Waals surface area contributed by atoms with Crippen LogP contribution >= 0.6 is 0 Å². The quantitative estimate of drug-likeness (QED) is 0.0274. The molecule has 0 aliphatic carbocycles. The Morgan fingerprint density at radius 2 is 0.774 bits per heavy atom. The smallest absolute Gasteiger partial charge is 0.296 e. The summed E-state index contributed by atoms with van der Waals surface area (Å²) >= 11 is 0. The fourth-order valence-electron chi connectivity index (χ4n) is 6.52. The third-order valence-electron chi connectivity index (χ3n) is 10.1. The fourth-order valence-corrected chi connectivity index (χ4v) is 10.1. The Morgan fingerprint density at radius 3 is 1.06 bits per heavy atom. The second-order valence-corrected chi connectivity index (χ2v) is 24.1. The molecule has 0 aliphatic rings. The van der Waals surface area contributed by atoms with Crippen LogP contribution in [0.4, 0.5) is 34.6 Å². The maximum atomic E-state index is 12.8. The van der Waals surface area contributed by atoms with Crippen LogP contribution < -0.4 is 32.3 Å². The van der Waals surface area contributed by atoms with E-state index < -0.39 is 124 Å². The van der Waals surface area contributed by atoms with Crippen LogP contribution in [0.15, 0.2) is 122 Å². The third-order valence-corrected chi connectivity index (χ3v) is 15.4. The summed E-state index contributed by atoms with van der Waals surface area (Å²) in [5.41, 5.74) is -4.28. The largest absolute Gasteiger partial charge is 0.344 e. The van der Waals surface area contributed by atoms with Crippen LogP contribution in [-0.4, -0.2) is 312 Å². The van der Waals surface area contributed by atoms with Crippen LogP contribution in [0.25, 0.3) is 12.2 Å². The van der Waals surface area contributed by atoms with Crippen molar-refractivity contribution in [3.63, 3.8) is 0 Å². The molecule has 2 heterocycles. The number of aromatic nitrogens is 6. The van der Waals surface area contributed by atoms with Crippen molar-refractivity contribution in [2.24, 2.45) is 20.0 Å². The van der Waals surface area contributed by atoms with Crippen LogP contribution in [0.3, 0.4) is 0 Å². The van der Waals surface area contributed by atoms with Gasteiger partial charge in [-0.1, -0.05) is 24.3 Å². The molecule has 0 saturated heterocycles. The summed E-state index contributed by atoms with van der Waals surface area (Å²) in [6.45, 7) is 0.0499. The molecule has 0 unspecified atom stereocenters. The monoisotopic (exact) mass is 1330 g/mol. The minimum absolute atomic E-state index is 0. The predicted molar refractivity (Wildman–Crippen MR) is 302 cm³/mol. The molecule has 44 heteroatoms. The number of hydrogen-bond acceptors (Lipinski definition) is 22. The summed E-state index contributed by atoms with van der Waals surface area (Å²) in [4.78, 5) is 33.1. The van der Waals surface area contributed by atoms with E-state index in [2.05, 4.69) is 49.9 Å². The molecule has 0 aliphatic heterocycles. The summed E-state index contributed by atoms with van der Waals surface area (Å²) in [6, 6.07) is 14.0. The molecular formula is C40H38N14Na6O18S6. The van der Waals surface area contributed by atoms with Gasteiger partial charge in [-0.05, 0) is 71.8 Å². The van der Waals surface area contributed by atoms with Gasteiger partial charge in [0.15, 0.2) is 0 Å². The zero-order valence-corrected chi connectivity index (χ0v) is 62.3. The Kier molecular flexibility index (Phi) is 32.8. The van der Waals surface area contributed by atoms with Crippen LogP contribution in [0, 0.1) is 22.7 Å². The molecule has 418 valence electrons. The van der Waals surface area contributed by atoms with Gasteiger partial charge in [-0.2, -0.15) is 71.0 Å². The number of nitrogens with one attached hydrogen (secondary N) is 4. The number of anilines is 2. The summed E-state index contributed by atoms with van der Waals surface area (Å²) < 4.78 is 207. The predicted octanol–water partition coefficient (Wildman–Crippen LogP) is -1.22. The summed E-state index contributed by atoms with van der Waals surface area (Å²) in [7, 11) is -27.4. The molecule has 10 N–H and O–H groups in total. The van der Waals surface area contributed by atoms with Gasteiger partial charge < -0.3 is 9.80 Å². The van der Waals surface area contributed by atoms with E-state index in [1.807, 2.05) is 12.1 Å². The summed E-state index contributed by atoms with van der Waals surface area (Å²) in [5.74, 6) is -0.242. The van der Waals surface area contributed by atoms with Crippen molar-refractivity contribution < 1.29 is 77.8 Å². The van der Waals surface area contributed by atoms with Gasteiger partial charge in [-0.3, -0.25) is 47.3 Å². The van der Waals surface area contributed by atoms with Crippen molar-refractivity contribution in [2.75, 3.05) is 37.0 Å². The van der Waals surface area contributed by atoms with Gasteiger partial charge in [-0.15, -0.1) is 0 Å². The van der Waals surface area contributed by atoms with E-state index in [0.29, 0.717) is 36.4 Å². The topological polar surface area (TPSA) is 519 Å². The third kappa shape index (κ3) is 23.0. The number of H-pyrrole nitrogens is 4. The molecule has 0 atom stereocenters. The average Bonchev–Trinajstić information content (AvgIpc) is 3.32. The molecule has 32 nitrogen and oxygen atoms in total. The van der Waals surface area contributed by atoms with E-state index in [0.717, 1.165) is 36.4 Å². The van der Waals surface area contributed by atoms with Crippen LogP contribution in [-0.2, 0) is 60.7 Å². The Labute approximate surface area is 611 Å². The van der Waals surface area contributed by atoms with Gasteiger partial charge in [0.2, 0.25) is 34.4 Å². The van der Waals surface area contributed by atoms with E-state index >= 15 is 0 Å². The number of nitriles is 2. The minimum atomic E-state index is -5.16. The average molecular weight is 1330 g/mol. The first-order valence-electron chi connectivity index (χ1n) is 21.0. The maximum absolute atomic E-state index is 12.8. The van der Waals surface area contributed by atoms with Crippen molar-refractivity contribution in [3.05, 3.63) is 106 Å². The summed E-state index contributed by atoms with van der Waals surface area (Å²) in [5, 5.41) is 18.3. The zero-order chi connectivity index (χ0) is 57.8. The second-order valence-electron chi connectivity index (χ2n) is 15.7. The van der Waals surface area contributed by atoms with E-state index in [-0.39, 0.29) is 238 Å². The second kappa shape index (κ2) is 33.6. The van der Waals surface area contributed by atoms with Gasteiger partial charge in [0.05, 0.1) is 57.5 Å². The van der Waals surface area contributed by atoms with Crippen LogP contribution in [0.5, 0.6) is 0 Å². The Balaban J connectivity index is 0.0000115. The molecular weight excluding hydrogens is 1290 g/mol. The van der Waals surface area contributed by atoms with E-state index in [1.165, 1.54) is 36.0 Å². The van der Waals surface area contributed by atoms with Gasteiger partial charge in [0.1, 0.15) is 19.6 Å². The Hall–Kier alpha value is -2.12. The molecule has 4 aromatic carbocycles. The number of benzene rings is 4. The molecule has 84 heavy (non-hydrogen) atoms. The van der Waals surface area contributed by atoms with Gasteiger partial charge in [0, 0.05) is 205 Å². The van der Waals surface area contributed by atoms with E-state index in [1.54, 1.807) is 0 Å². The fraction of sp³-hybridized carbons (Fsp3) is 0.150. The first-order valence-corrected chi connectivity index (χ1v) is 29.6. The molecule has 6 aromatic rings. The molecule has 0 fully saturated rings. The van der Waals surface area contributed by atoms with Crippen molar-refractivity contribution >= 4 is 285 Å². The number of hydrogen-bond donors (Lipinski definition) is 10. The van der Waals surface area contributed by atoms with Crippen molar-refractivity contribution in [1.29, 1.82) is 10.5 Å². The van der Waals surface area contributed by atoms with Crippen LogP contribution in [0.2, 0.25) is 0 Å². The van der Waals surface area contributed by atoms with Crippen LogP contribution in [0.1, 0.15) is 24.0 Å². The van der Waals surface area contributed by atoms with Crippen molar-refractivity contribution in [2.45, 2.75) is 42.2 Å². The summed E-state index contributed by atoms with van der Waals surface area (Å²) in [6.07, 6.45) is 1.96. The Bertz CT molecular complexity index is 4290. The molecule has 2 aromatic heterocycles. The van der Waals surface area contributed by atoms with E-state index in [9.17, 15) is 77.8 Å². The first kappa shape index (κ1) is 81.9. The van der Waals surface area contributed by atoms with Crippen molar-refractivity contribution in [1.82, 2.24) is 29.9 Å². The molecule has 0 saturated carbocycles. The number of aromatic amines is 4. The number of nitrogens with zero attached hydrogens (tertiary/aromatic N) is 10. The molecule has 0 spiro atoms. The normalized spacial score (nSPS) is 12.7. The molecule has 0 bridgehead atoms. The molecule has 0 amide bonds. The number of rotatable bonds is 18. The van der Waals surface area contributed by atoms with Gasteiger partial charge >= 0.3 is 0 Å². The Morgan fingerprint density at radius 1 is 0.452 bits per heavy atom. The van der Waals surface area contributed by atoms with Crippen molar-refractivity contribution in [3.8, 4) is 12.1 Å². The zero-order valence-electron chi connectivity index (χ0n) is 45.4. The maximum Gasteiger partial charge on any atom is 0.296 e. The van der Waals surface area contributed by atoms with E-state index in [4.69, 9.17) is 10.5 Å². The first-order chi connectivity index (χ1) is 36.1. The minimum Gasteiger partial charge on any atom is -0.344 e. The van der Waals surface area contributed by atoms with Gasteiger partial charge in [0.25, 0.3) is 60.7 Å². The standard InChI is InChI=1S/C40H38N14O18S6.6Na/c1-53(17-3-15-41)39-49-35(47-37(51-39)45-29-21-27(73(55,56)57)11-13-31(29)75(61,62)63)43-25-9-7-23(33(19-25)77(67,68)69)5-6-24-8-10-26(20-34(24)78(70,71)72)44-36-48-38(52-40(50-36)54(2)18-4-16-42)46-30-22-28(74(58,59)60)12-14-32(30)76(64,65)66;;;;;;/h5-14,19-22H,3-4,17-18H2,1-2H3,(H,55,56,57)(H,58,59,60)(H,61,62,63)(H,64,65,66)(H,67,68,69)(H,70,71,72)(H2,43,45,47,49,51)(H2,44,46,48,50,52);;;;;;.